The van der Waals surface area contributed by atoms with E-state index in [1.807, 2.05) is 14.0 Å². The lowest BCUT2D eigenvalue weighted by molar-refractivity contribution is 0.0950. The van der Waals surface area contributed by atoms with Crippen LogP contribution in [0.5, 0.6) is 0 Å². The van der Waals surface area contributed by atoms with Crippen molar-refractivity contribution in [1.82, 2.24) is 25.1 Å². The van der Waals surface area contributed by atoms with Crippen molar-refractivity contribution in [2.24, 2.45) is 7.05 Å². The highest BCUT2D eigenvalue weighted by atomic mass is 16.1. The Labute approximate surface area is 111 Å². The van der Waals surface area contributed by atoms with E-state index < -0.39 is 0 Å². The van der Waals surface area contributed by atoms with Crippen LogP contribution in [-0.2, 0) is 13.6 Å². The van der Waals surface area contributed by atoms with Crippen LogP contribution < -0.4 is 10.6 Å². The second-order valence-corrected chi connectivity index (χ2v) is 3.97. The van der Waals surface area contributed by atoms with E-state index in [0.29, 0.717) is 30.3 Å². The number of pyridine rings is 1. The zero-order valence-corrected chi connectivity index (χ0v) is 10.9. The number of nitrogens with one attached hydrogen (secondary N) is 2. The maximum absolute atomic E-state index is 12.1. The first-order valence-electron chi connectivity index (χ1n) is 6.02. The van der Waals surface area contributed by atoms with E-state index in [1.54, 1.807) is 29.2 Å². The molecule has 7 nitrogen and oxygen atoms in total. The Morgan fingerprint density at radius 1 is 1.47 bits per heavy atom. The third-order valence-corrected chi connectivity index (χ3v) is 2.61. The van der Waals surface area contributed by atoms with Gasteiger partial charge in [0.05, 0.1) is 12.1 Å². The normalized spacial score (nSPS) is 10.2. The van der Waals surface area contributed by atoms with E-state index in [4.69, 9.17) is 0 Å². The average molecular weight is 260 g/mol. The number of hydrogen-bond acceptors (Lipinski definition) is 5. The van der Waals surface area contributed by atoms with E-state index in [2.05, 4.69) is 25.8 Å². The third-order valence-electron chi connectivity index (χ3n) is 2.61. The van der Waals surface area contributed by atoms with Crippen molar-refractivity contribution >= 4 is 11.7 Å². The number of carbonyl (C=O) groups is 1. The summed E-state index contributed by atoms with van der Waals surface area (Å²) in [6.07, 6.45) is 3.24. The van der Waals surface area contributed by atoms with Gasteiger partial charge in [-0.15, -0.1) is 10.2 Å². The van der Waals surface area contributed by atoms with Crippen LogP contribution in [0, 0.1) is 0 Å². The second-order valence-electron chi connectivity index (χ2n) is 3.97. The summed E-state index contributed by atoms with van der Waals surface area (Å²) in [5.74, 6) is 1.09. The van der Waals surface area contributed by atoms with Crippen molar-refractivity contribution in [3.63, 3.8) is 0 Å². The standard InChI is InChI=1S/C12H16N6O/c1-3-13-11-9(5-4-6-14-11)12(19)15-7-10-17-16-8-18(10)2/h4-6,8H,3,7H2,1-2H3,(H,13,14)(H,15,19). The average Bonchev–Trinajstić information content (AvgIpc) is 2.82. The Balaban J connectivity index is 2.06. The molecule has 100 valence electrons. The van der Waals surface area contributed by atoms with Gasteiger partial charge in [-0.1, -0.05) is 0 Å². The van der Waals surface area contributed by atoms with Gasteiger partial charge in [0, 0.05) is 19.8 Å². The summed E-state index contributed by atoms with van der Waals surface area (Å²) in [5, 5.41) is 13.5. The second kappa shape index (κ2) is 5.94. The van der Waals surface area contributed by atoms with Gasteiger partial charge in [0.2, 0.25) is 0 Å². The number of nitrogens with zero attached hydrogens (tertiary/aromatic N) is 4. The van der Waals surface area contributed by atoms with Crippen LogP contribution in [0.4, 0.5) is 5.82 Å². The van der Waals surface area contributed by atoms with Crippen molar-refractivity contribution in [2.45, 2.75) is 13.5 Å². The number of hydrogen-bond donors (Lipinski definition) is 2. The van der Waals surface area contributed by atoms with Gasteiger partial charge >= 0.3 is 0 Å². The SMILES string of the molecule is CCNc1ncccc1C(=O)NCc1nncn1C. The largest absolute Gasteiger partial charge is 0.370 e. The molecular weight excluding hydrogens is 244 g/mol. The first-order valence-corrected chi connectivity index (χ1v) is 6.02. The quantitative estimate of drug-likeness (QED) is 0.821. The molecule has 0 saturated heterocycles. The molecule has 2 heterocycles. The smallest absolute Gasteiger partial charge is 0.255 e. The predicted molar refractivity (Wildman–Crippen MR) is 70.6 cm³/mol. The maximum Gasteiger partial charge on any atom is 0.255 e. The number of rotatable bonds is 5. The van der Waals surface area contributed by atoms with Gasteiger partial charge in [0.25, 0.3) is 5.91 Å². The van der Waals surface area contributed by atoms with Crippen LogP contribution >= 0.6 is 0 Å². The molecule has 0 aliphatic rings. The summed E-state index contributed by atoms with van der Waals surface area (Å²) in [7, 11) is 1.83. The Morgan fingerprint density at radius 3 is 3.00 bits per heavy atom. The van der Waals surface area contributed by atoms with E-state index in [-0.39, 0.29) is 5.91 Å². The Bertz CT molecular complexity index is 565. The molecule has 2 N–H and O–H groups in total. The molecule has 2 aromatic rings. The zero-order chi connectivity index (χ0) is 13.7. The number of anilines is 1. The lowest BCUT2D eigenvalue weighted by atomic mass is 10.2. The molecule has 0 spiro atoms. The van der Waals surface area contributed by atoms with Crippen molar-refractivity contribution in [1.29, 1.82) is 0 Å². The van der Waals surface area contributed by atoms with E-state index >= 15 is 0 Å². The van der Waals surface area contributed by atoms with E-state index in [0.717, 1.165) is 0 Å². The Kier molecular flexibility index (Phi) is 4.07. The summed E-state index contributed by atoms with van der Waals surface area (Å²) < 4.78 is 1.76. The fraction of sp³-hybridized carbons (Fsp3) is 0.333. The minimum atomic E-state index is -0.188. The molecule has 0 atom stereocenters. The van der Waals surface area contributed by atoms with Gasteiger partial charge in [0.15, 0.2) is 5.82 Å². The molecule has 19 heavy (non-hydrogen) atoms. The molecule has 2 rings (SSSR count). The summed E-state index contributed by atoms with van der Waals surface area (Å²) in [5.41, 5.74) is 0.520. The van der Waals surface area contributed by atoms with Crippen LogP contribution in [0.1, 0.15) is 23.1 Å². The monoisotopic (exact) mass is 260 g/mol. The van der Waals surface area contributed by atoms with Crippen LogP contribution in [0.2, 0.25) is 0 Å². The minimum Gasteiger partial charge on any atom is -0.370 e. The molecule has 0 radical (unpaired) electrons. The first-order chi connectivity index (χ1) is 9.22. The zero-order valence-electron chi connectivity index (χ0n) is 10.9. The molecule has 0 fully saturated rings. The Morgan fingerprint density at radius 2 is 2.32 bits per heavy atom. The fourth-order valence-electron chi connectivity index (χ4n) is 1.62. The highest BCUT2D eigenvalue weighted by Gasteiger charge is 2.12. The highest BCUT2D eigenvalue weighted by molar-refractivity contribution is 5.98. The van der Waals surface area contributed by atoms with Gasteiger partial charge in [-0.05, 0) is 19.1 Å². The minimum absolute atomic E-state index is 0.188. The van der Waals surface area contributed by atoms with Crippen molar-refractivity contribution in [2.75, 3.05) is 11.9 Å². The molecule has 0 aliphatic carbocycles. The molecular formula is C12H16N6O. The van der Waals surface area contributed by atoms with Crippen LogP contribution in [-0.4, -0.2) is 32.2 Å². The van der Waals surface area contributed by atoms with E-state index in [9.17, 15) is 4.79 Å². The molecule has 0 aliphatic heterocycles. The number of carbonyl (C=O) groups excluding carboxylic acids is 1. The molecule has 0 saturated carbocycles. The van der Waals surface area contributed by atoms with Gasteiger partial charge < -0.3 is 15.2 Å². The van der Waals surface area contributed by atoms with Crippen molar-refractivity contribution in [3.8, 4) is 0 Å². The van der Waals surface area contributed by atoms with E-state index in [1.165, 1.54) is 0 Å². The van der Waals surface area contributed by atoms with Crippen LogP contribution in [0.25, 0.3) is 0 Å². The topological polar surface area (TPSA) is 84.7 Å². The summed E-state index contributed by atoms with van der Waals surface area (Å²) in [4.78, 5) is 16.2. The number of amides is 1. The highest BCUT2D eigenvalue weighted by Crippen LogP contribution is 2.10. The molecule has 0 bridgehead atoms. The van der Waals surface area contributed by atoms with Crippen LogP contribution in [0.3, 0.4) is 0 Å². The molecule has 1 amide bonds. The maximum atomic E-state index is 12.1. The molecule has 2 aromatic heterocycles. The lowest BCUT2D eigenvalue weighted by Gasteiger charge is -2.09. The predicted octanol–water partition coefficient (Wildman–Crippen LogP) is 0.572. The lowest BCUT2D eigenvalue weighted by Crippen LogP contribution is -2.25. The molecule has 7 heteroatoms. The third kappa shape index (κ3) is 3.06. The fourth-order valence-corrected chi connectivity index (χ4v) is 1.62. The summed E-state index contributed by atoms with van der Waals surface area (Å²) >= 11 is 0. The van der Waals surface area contributed by atoms with Crippen LogP contribution in [0.15, 0.2) is 24.7 Å². The molecule has 0 unspecified atom stereocenters. The van der Waals surface area contributed by atoms with Gasteiger partial charge in [-0.25, -0.2) is 4.98 Å². The van der Waals surface area contributed by atoms with Crippen molar-refractivity contribution < 1.29 is 4.79 Å². The van der Waals surface area contributed by atoms with Crippen molar-refractivity contribution in [3.05, 3.63) is 36.0 Å². The van der Waals surface area contributed by atoms with Gasteiger partial charge in [-0.2, -0.15) is 0 Å². The summed E-state index contributed by atoms with van der Waals surface area (Å²) in [6.45, 7) is 2.99. The Hall–Kier alpha value is -2.44. The first kappa shape index (κ1) is 13.0. The summed E-state index contributed by atoms with van der Waals surface area (Å²) in [6, 6.07) is 3.47. The van der Waals surface area contributed by atoms with Gasteiger partial charge in [-0.3, -0.25) is 4.79 Å². The number of aromatic nitrogens is 4. The van der Waals surface area contributed by atoms with Gasteiger partial charge in [0.1, 0.15) is 12.1 Å². The molecule has 0 aromatic carbocycles. The number of aryl methyl sites for hydroxylation is 1.